The van der Waals surface area contributed by atoms with E-state index in [-0.39, 0.29) is 5.78 Å². The number of carbonyl (C=O) groups is 1. The van der Waals surface area contributed by atoms with Crippen molar-refractivity contribution in [1.29, 1.82) is 0 Å². The molecule has 0 amide bonds. The Morgan fingerprint density at radius 3 is 2.67 bits per heavy atom. The minimum Gasteiger partial charge on any atom is -0.493 e. The van der Waals surface area contributed by atoms with Gasteiger partial charge in [0.2, 0.25) is 5.88 Å². The number of hydrogen-bond donors (Lipinski definition) is 0. The van der Waals surface area contributed by atoms with Crippen LogP contribution in [0.5, 0.6) is 17.4 Å². The molecular formula is C31H38ClN3O4. The van der Waals surface area contributed by atoms with Gasteiger partial charge in [-0.05, 0) is 75.0 Å². The van der Waals surface area contributed by atoms with Crippen LogP contribution in [-0.2, 0) is 16.0 Å². The molecular weight excluding hydrogens is 514 g/mol. The molecule has 3 heterocycles. The summed E-state index contributed by atoms with van der Waals surface area (Å²) in [6, 6.07) is 9.39. The lowest BCUT2D eigenvalue weighted by Crippen LogP contribution is -2.51. The average molecular weight is 552 g/mol. The van der Waals surface area contributed by atoms with Crippen LogP contribution < -0.4 is 9.47 Å². The van der Waals surface area contributed by atoms with Gasteiger partial charge in [0.05, 0.1) is 30.7 Å². The maximum atomic E-state index is 12.2. The molecule has 1 spiro atoms. The van der Waals surface area contributed by atoms with Crippen molar-refractivity contribution in [2.45, 2.75) is 58.8 Å². The Kier molecular flexibility index (Phi) is 9.00. The molecule has 0 radical (unpaired) electrons. The van der Waals surface area contributed by atoms with Gasteiger partial charge < -0.3 is 19.1 Å². The van der Waals surface area contributed by atoms with Crippen LogP contribution in [-0.4, -0.2) is 60.1 Å². The van der Waals surface area contributed by atoms with E-state index in [1.807, 2.05) is 31.2 Å². The average Bonchev–Trinajstić information content (AvgIpc) is 2.91. The molecule has 5 rings (SSSR count). The number of ketones is 1. The molecule has 8 heteroatoms. The van der Waals surface area contributed by atoms with E-state index in [1.54, 1.807) is 6.07 Å². The van der Waals surface area contributed by atoms with Crippen LogP contribution in [0, 0.1) is 12.3 Å². The molecule has 0 atom stereocenters. The van der Waals surface area contributed by atoms with Crippen LogP contribution in [0.3, 0.4) is 0 Å². The van der Waals surface area contributed by atoms with Crippen LogP contribution in [0.1, 0.15) is 56.6 Å². The lowest BCUT2D eigenvalue weighted by atomic mass is 9.77. The van der Waals surface area contributed by atoms with Gasteiger partial charge in [0.1, 0.15) is 23.6 Å². The zero-order valence-electron chi connectivity index (χ0n) is 23.0. The van der Waals surface area contributed by atoms with Crippen molar-refractivity contribution in [3.8, 4) is 17.4 Å². The van der Waals surface area contributed by atoms with E-state index in [1.165, 1.54) is 19.2 Å². The predicted molar refractivity (Wildman–Crippen MR) is 153 cm³/mol. The molecule has 0 saturated carbocycles. The SMILES string of the molecule is CCCCC(=O)Cc1ccc(Oc2ncnc3cc(OCCCN4CCC5(CC4)COC5)c(C)cc23)cc1Cl. The second-order valence-corrected chi connectivity index (χ2v) is 11.4. The summed E-state index contributed by atoms with van der Waals surface area (Å²) in [5.41, 5.74) is 3.05. The van der Waals surface area contributed by atoms with Gasteiger partial charge >= 0.3 is 0 Å². The van der Waals surface area contributed by atoms with Gasteiger partial charge in [-0.1, -0.05) is 31.0 Å². The number of aromatic nitrogens is 2. The lowest BCUT2D eigenvalue weighted by Gasteiger charge is -2.47. The second-order valence-electron chi connectivity index (χ2n) is 11.0. The van der Waals surface area contributed by atoms with Crippen LogP contribution in [0.15, 0.2) is 36.7 Å². The minimum absolute atomic E-state index is 0.201. The number of carbonyl (C=O) groups excluding carboxylic acids is 1. The number of piperidine rings is 1. The number of aryl methyl sites for hydroxylation is 1. The van der Waals surface area contributed by atoms with E-state index >= 15 is 0 Å². The summed E-state index contributed by atoms with van der Waals surface area (Å²) in [5.74, 6) is 2.05. The number of Topliss-reactive ketones (excluding diaryl/α,β-unsaturated/α-hetero) is 1. The molecule has 2 saturated heterocycles. The van der Waals surface area contributed by atoms with E-state index in [0.717, 1.165) is 79.9 Å². The molecule has 2 aromatic carbocycles. The van der Waals surface area contributed by atoms with Crippen molar-refractivity contribution < 1.29 is 19.0 Å². The first-order valence-electron chi connectivity index (χ1n) is 14.1. The Balaban J connectivity index is 1.17. The van der Waals surface area contributed by atoms with Crippen molar-refractivity contribution in [3.63, 3.8) is 0 Å². The van der Waals surface area contributed by atoms with Crippen LogP contribution in [0.2, 0.25) is 5.02 Å². The van der Waals surface area contributed by atoms with Crippen molar-refractivity contribution in [2.75, 3.05) is 39.5 Å². The zero-order chi connectivity index (χ0) is 27.2. The molecule has 2 aliphatic heterocycles. The number of halogens is 1. The quantitative estimate of drug-likeness (QED) is 0.236. The smallest absolute Gasteiger partial charge is 0.230 e. The number of nitrogens with zero attached hydrogens (tertiary/aromatic N) is 3. The highest BCUT2D eigenvalue weighted by Crippen LogP contribution is 2.38. The predicted octanol–water partition coefficient (Wildman–Crippen LogP) is 6.57. The topological polar surface area (TPSA) is 73.8 Å². The van der Waals surface area contributed by atoms with Crippen molar-refractivity contribution in [3.05, 3.63) is 52.8 Å². The molecule has 2 aliphatic rings. The third kappa shape index (κ3) is 6.89. The van der Waals surface area contributed by atoms with Crippen LogP contribution >= 0.6 is 11.6 Å². The first-order valence-corrected chi connectivity index (χ1v) is 14.5. The molecule has 1 aromatic heterocycles. The van der Waals surface area contributed by atoms with E-state index in [9.17, 15) is 4.79 Å². The number of rotatable bonds is 12. The van der Waals surface area contributed by atoms with Crippen LogP contribution in [0.4, 0.5) is 0 Å². The standard InChI is InChI=1S/C31H38ClN3O4/c1-3-4-6-24(36)16-23-7-8-25(17-27(23)32)39-30-26-15-22(2)29(18-28(26)33-21-34-30)38-14-5-11-35-12-9-31(10-13-35)19-37-20-31/h7-8,15,17-18,21H,3-6,9-14,16,19-20H2,1-2H3. The molecule has 2 fully saturated rings. The van der Waals surface area contributed by atoms with Gasteiger partial charge in [-0.15, -0.1) is 0 Å². The zero-order valence-corrected chi connectivity index (χ0v) is 23.8. The van der Waals surface area contributed by atoms with Crippen molar-refractivity contribution in [2.24, 2.45) is 5.41 Å². The van der Waals surface area contributed by atoms with Gasteiger partial charge in [0.25, 0.3) is 0 Å². The summed E-state index contributed by atoms with van der Waals surface area (Å²) in [5, 5.41) is 1.32. The van der Waals surface area contributed by atoms with Crippen molar-refractivity contribution >= 4 is 28.3 Å². The molecule has 7 nitrogen and oxygen atoms in total. The summed E-state index contributed by atoms with van der Waals surface area (Å²) in [6.07, 6.45) is 7.80. The molecule has 3 aromatic rings. The summed E-state index contributed by atoms with van der Waals surface area (Å²) in [7, 11) is 0. The van der Waals surface area contributed by atoms with Gasteiger partial charge in [-0.3, -0.25) is 4.79 Å². The highest BCUT2D eigenvalue weighted by molar-refractivity contribution is 6.31. The second kappa shape index (κ2) is 12.6. The Hall–Kier alpha value is -2.74. The monoisotopic (exact) mass is 551 g/mol. The molecule has 0 bridgehead atoms. The third-order valence-electron chi connectivity index (χ3n) is 7.94. The Morgan fingerprint density at radius 1 is 1.13 bits per heavy atom. The summed E-state index contributed by atoms with van der Waals surface area (Å²) < 4.78 is 17.7. The third-order valence-corrected chi connectivity index (χ3v) is 8.29. The largest absolute Gasteiger partial charge is 0.493 e. The number of fused-ring (bicyclic) bond motifs is 1. The summed E-state index contributed by atoms with van der Waals surface area (Å²) >= 11 is 6.48. The van der Waals surface area contributed by atoms with E-state index in [4.69, 9.17) is 25.8 Å². The molecule has 0 N–H and O–H groups in total. The van der Waals surface area contributed by atoms with Crippen molar-refractivity contribution in [1.82, 2.24) is 14.9 Å². The molecule has 0 unspecified atom stereocenters. The van der Waals surface area contributed by atoms with Gasteiger partial charge in [0.15, 0.2) is 0 Å². The maximum Gasteiger partial charge on any atom is 0.230 e. The van der Waals surface area contributed by atoms with Crippen LogP contribution in [0.25, 0.3) is 10.9 Å². The highest BCUT2D eigenvalue weighted by Gasteiger charge is 2.40. The lowest BCUT2D eigenvalue weighted by molar-refractivity contribution is -0.139. The fraction of sp³-hybridized carbons (Fsp3) is 0.516. The first-order chi connectivity index (χ1) is 18.9. The van der Waals surface area contributed by atoms with Gasteiger partial charge in [0, 0.05) is 35.9 Å². The Morgan fingerprint density at radius 2 is 1.95 bits per heavy atom. The number of ether oxygens (including phenoxy) is 3. The summed E-state index contributed by atoms with van der Waals surface area (Å²) in [6.45, 7) is 10.0. The minimum atomic E-state index is 0.201. The maximum absolute atomic E-state index is 12.2. The van der Waals surface area contributed by atoms with E-state index in [2.05, 4.69) is 21.8 Å². The number of unbranched alkanes of at least 4 members (excludes halogenated alkanes) is 1. The number of benzene rings is 2. The van der Waals surface area contributed by atoms with Gasteiger partial charge in [-0.2, -0.15) is 0 Å². The fourth-order valence-corrected chi connectivity index (χ4v) is 5.56. The van der Waals surface area contributed by atoms with E-state index in [0.29, 0.717) is 41.5 Å². The normalized spacial score (nSPS) is 16.8. The fourth-order valence-electron chi connectivity index (χ4n) is 5.33. The Labute approximate surface area is 235 Å². The molecule has 0 aliphatic carbocycles. The van der Waals surface area contributed by atoms with Gasteiger partial charge in [-0.25, -0.2) is 9.97 Å². The highest BCUT2D eigenvalue weighted by atomic mass is 35.5. The Bertz CT molecular complexity index is 1300. The number of hydrogen-bond acceptors (Lipinski definition) is 7. The summed E-state index contributed by atoms with van der Waals surface area (Å²) in [4.78, 5) is 23.5. The molecule has 208 valence electrons. The first kappa shape index (κ1) is 27.8. The molecule has 39 heavy (non-hydrogen) atoms. The van der Waals surface area contributed by atoms with E-state index < -0.39 is 0 Å². The number of likely N-dealkylation sites (tertiary alicyclic amines) is 1.